The number of ether oxygens (including phenoxy) is 1. The van der Waals surface area contributed by atoms with Gasteiger partial charge in [0.05, 0.1) is 11.7 Å². The summed E-state index contributed by atoms with van der Waals surface area (Å²) in [5.41, 5.74) is 3.47. The van der Waals surface area contributed by atoms with Gasteiger partial charge in [0.1, 0.15) is 5.75 Å². The van der Waals surface area contributed by atoms with Crippen LogP contribution < -0.4 is 10.3 Å². The van der Waals surface area contributed by atoms with Gasteiger partial charge in [-0.3, -0.25) is 4.79 Å². The first-order chi connectivity index (χ1) is 14.9. The minimum atomic E-state index is -0.170. The minimum absolute atomic E-state index is 0.114. The van der Waals surface area contributed by atoms with E-state index in [9.17, 15) is 4.79 Å². The average molecular weight is 420 g/mol. The second-order valence-corrected chi connectivity index (χ2v) is 8.79. The molecule has 3 aromatic rings. The molecule has 0 aliphatic heterocycles. The van der Waals surface area contributed by atoms with Crippen LogP contribution in [0.15, 0.2) is 39.6 Å². The van der Waals surface area contributed by atoms with Gasteiger partial charge >= 0.3 is 0 Å². The molecule has 4 rings (SSSR count). The van der Waals surface area contributed by atoms with Crippen molar-refractivity contribution in [2.45, 2.75) is 53.1 Å². The Kier molecular flexibility index (Phi) is 6.07. The van der Waals surface area contributed by atoms with Gasteiger partial charge in [-0.25, -0.2) is 0 Å². The molecule has 0 spiro atoms. The lowest BCUT2D eigenvalue weighted by Gasteiger charge is -2.27. The Morgan fingerprint density at radius 3 is 2.81 bits per heavy atom. The fourth-order valence-corrected chi connectivity index (χ4v) is 4.01. The molecule has 0 fully saturated rings. The first-order valence-corrected chi connectivity index (χ1v) is 10.9. The van der Waals surface area contributed by atoms with Crippen LogP contribution in [-0.4, -0.2) is 21.2 Å². The maximum absolute atomic E-state index is 12.6. The number of hydrogen-bond acceptors (Lipinski definition) is 5. The van der Waals surface area contributed by atoms with Crippen LogP contribution in [0.25, 0.3) is 23.5 Å². The van der Waals surface area contributed by atoms with Crippen molar-refractivity contribution in [3.63, 3.8) is 0 Å². The number of aromatic nitrogens is 3. The lowest BCUT2D eigenvalue weighted by atomic mass is 9.80. The molecule has 1 atom stereocenters. The molecule has 1 unspecified atom stereocenters. The Hall–Kier alpha value is -3.15. The molecule has 2 aromatic heterocycles. The van der Waals surface area contributed by atoms with Crippen molar-refractivity contribution in [3.05, 3.63) is 63.4 Å². The van der Waals surface area contributed by atoms with Crippen LogP contribution >= 0.6 is 0 Å². The summed E-state index contributed by atoms with van der Waals surface area (Å²) >= 11 is 0. The highest BCUT2D eigenvalue weighted by Gasteiger charge is 2.24. The molecular weight excluding hydrogens is 390 g/mol. The first kappa shape index (κ1) is 21.1. The van der Waals surface area contributed by atoms with E-state index < -0.39 is 0 Å². The zero-order chi connectivity index (χ0) is 22.0. The van der Waals surface area contributed by atoms with Crippen molar-refractivity contribution >= 4 is 12.2 Å². The summed E-state index contributed by atoms with van der Waals surface area (Å²) in [6.45, 7) is 8.50. The molecule has 0 radical (unpaired) electrons. The summed E-state index contributed by atoms with van der Waals surface area (Å²) in [4.78, 5) is 20.1. The van der Waals surface area contributed by atoms with E-state index in [1.54, 1.807) is 6.08 Å². The predicted octanol–water partition coefficient (Wildman–Crippen LogP) is 5.14. The molecule has 162 valence electrons. The average Bonchev–Trinajstić information content (AvgIpc) is 3.20. The number of benzene rings is 1. The van der Waals surface area contributed by atoms with Crippen molar-refractivity contribution in [3.8, 4) is 17.1 Å². The fourth-order valence-electron chi connectivity index (χ4n) is 4.01. The van der Waals surface area contributed by atoms with Crippen LogP contribution in [-0.2, 0) is 12.8 Å². The summed E-state index contributed by atoms with van der Waals surface area (Å²) in [7, 11) is 0. The molecule has 6 nitrogen and oxygen atoms in total. The SMILES string of the molecule is CC(C)Oc1cccc(/C=C/c2nc(-c3cc4c([nH]c3=O)CCC(C(C)C)C4)no2)c1. The quantitative estimate of drug-likeness (QED) is 0.598. The third kappa shape index (κ3) is 4.95. The van der Waals surface area contributed by atoms with Gasteiger partial charge in [0.15, 0.2) is 0 Å². The largest absolute Gasteiger partial charge is 0.491 e. The number of hydrogen-bond donors (Lipinski definition) is 1. The van der Waals surface area contributed by atoms with Gasteiger partial charge in [-0.05, 0) is 80.3 Å². The highest BCUT2D eigenvalue weighted by atomic mass is 16.5. The number of nitrogens with one attached hydrogen (secondary N) is 1. The first-order valence-electron chi connectivity index (χ1n) is 10.9. The maximum Gasteiger partial charge on any atom is 0.259 e. The highest BCUT2D eigenvalue weighted by Crippen LogP contribution is 2.30. The Balaban J connectivity index is 1.55. The van der Waals surface area contributed by atoms with Crippen molar-refractivity contribution in [1.82, 2.24) is 15.1 Å². The molecule has 1 aromatic carbocycles. The molecule has 6 heteroatoms. The van der Waals surface area contributed by atoms with Gasteiger partial charge in [0.25, 0.3) is 11.4 Å². The highest BCUT2D eigenvalue weighted by molar-refractivity contribution is 5.67. The summed E-state index contributed by atoms with van der Waals surface area (Å²) in [5.74, 6) is 2.72. The van der Waals surface area contributed by atoms with Gasteiger partial charge in [-0.2, -0.15) is 4.98 Å². The van der Waals surface area contributed by atoms with E-state index in [2.05, 4.69) is 29.0 Å². The Morgan fingerprint density at radius 2 is 2.03 bits per heavy atom. The van der Waals surface area contributed by atoms with Crippen molar-refractivity contribution in [2.75, 3.05) is 0 Å². The number of rotatable bonds is 6. The van der Waals surface area contributed by atoms with Gasteiger partial charge in [-0.1, -0.05) is 31.1 Å². The molecule has 1 aliphatic carbocycles. The molecule has 2 heterocycles. The number of H-pyrrole nitrogens is 1. The minimum Gasteiger partial charge on any atom is -0.491 e. The third-order valence-electron chi connectivity index (χ3n) is 5.74. The Morgan fingerprint density at radius 1 is 1.19 bits per heavy atom. The topological polar surface area (TPSA) is 81.0 Å². The summed E-state index contributed by atoms with van der Waals surface area (Å²) in [6, 6.07) is 9.73. The Labute approximate surface area is 182 Å². The molecule has 1 aliphatic rings. The summed E-state index contributed by atoms with van der Waals surface area (Å²) in [5, 5.41) is 4.04. The zero-order valence-corrected chi connectivity index (χ0v) is 18.5. The Bertz CT molecular complexity index is 1140. The smallest absolute Gasteiger partial charge is 0.259 e. The van der Waals surface area contributed by atoms with Gasteiger partial charge in [0, 0.05) is 11.8 Å². The number of pyridine rings is 1. The molecule has 0 saturated carbocycles. The molecule has 0 amide bonds. The van der Waals surface area contributed by atoms with Crippen molar-refractivity contribution in [1.29, 1.82) is 0 Å². The fraction of sp³-hybridized carbons (Fsp3) is 0.400. The number of aryl methyl sites for hydroxylation is 1. The summed E-state index contributed by atoms with van der Waals surface area (Å²) in [6.07, 6.45) is 6.73. The standard InChI is InChI=1S/C25H29N3O3/c1-15(2)18-9-10-22-19(13-18)14-21(25(29)26-22)24-27-23(31-28-24)11-8-17-6-5-7-20(12-17)30-16(3)4/h5-8,11-12,14-16,18H,9-10,13H2,1-4H3,(H,26,29)/b11-8+. The van der Waals surface area contributed by atoms with Gasteiger partial charge < -0.3 is 14.2 Å². The zero-order valence-electron chi connectivity index (χ0n) is 18.5. The van der Waals surface area contributed by atoms with E-state index >= 15 is 0 Å². The lowest BCUT2D eigenvalue weighted by molar-refractivity contribution is 0.242. The van der Waals surface area contributed by atoms with Crippen molar-refractivity contribution < 1.29 is 9.26 Å². The number of nitrogens with zero attached hydrogens (tertiary/aromatic N) is 2. The van der Waals surface area contributed by atoms with E-state index in [4.69, 9.17) is 9.26 Å². The third-order valence-corrected chi connectivity index (χ3v) is 5.74. The van der Waals surface area contributed by atoms with E-state index in [0.717, 1.165) is 36.3 Å². The predicted molar refractivity (Wildman–Crippen MR) is 122 cm³/mol. The second-order valence-electron chi connectivity index (χ2n) is 8.79. The van der Waals surface area contributed by atoms with E-state index in [0.29, 0.717) is 29.1 Å². The monoisotopic (exact) mass is 419 g/mol. The van der Waals surface area contributed by atoms with Crippen LogP contribution in [0.3, 0.4) is 0 Å². The second kappa shape index (κ2) is 8.92. The molecule has 31 heavy (non-hydrogen) atoms. The molecule has 0 bridgehead atoms. The van der Waals surface area contributed by atoms with Crippen LogP contribution in [0.1, 0.15) is 56.8 Å². The normalized spacial score (nSPS) is 16.3. The molecule has 0 saturated heterocycles. The molecule has 1 N–H and O–H groups in total. The summed E-state index contributed by atoms with van der Waals surface area (Å²) < 4.78 is 11.1. The van der Waals surface area contributed by atoms with Gasteiger partial charge in [-0.15, -0.1) is 0 Å². The van der Waals surface area contributed by atoms with E-state index in [1.807, 2.05) is 50.3 Å². The van der Waals surface area contributed by atoms with Crippen LogP contribution in [0, 0.1) is 11.8 Å². The maximum atomic E-state index is 12.6. The molecular formula is C25H29N3O3. The number of fused-ring (bicyclic) bond motifs is 1. The van der Waals surface area contributed by atoms with E-state index in [-0.39, 0.29) is 11.7 Å². The van der Waals surface area contributed by atoms with Crippen LogP contribution in [0.2, 0.25) is 0 Å². The van der Waals surface area contributed by atoms with Crippen LogP contribution in [0.4, 0.5) is 0 Å². The van der Waals surface area contributed by atoms with Gasteiger partial charge in [0.2, 0.25) is 5.82 Å². The number of aromatic amines is 1. The lowest BCUT2D eigenvalue weighted by Crippen LogP contribution is -2.23. The van der Waals surface area contributed by atoms with Crippen LogP contribution in [0.5, 0.6) is 5.75 Å². The van der Waals surface area contributed by atoms with E-state index in [1.165, 1.54) is 5.56 Å². The van der Waals surface area contributed by atoms with Crippen molar-refractivity contribution in [2.24, 2.45) is 11.8 Å².